The molecule has 1 aromatic carbocycles. The number of fused-ring (bicyclic) bond motifs is 1. The van der Waals surface area contributed by atoms with Gasteiger partial charge in [0.1, 0.15) is 24.7 Å². The van der Waals surface area contributed by atoms with Crippen molar-refractivity contribution in [1.29, 1.82) is 0 Å². The van der Waals surface area contributed by atoms with Gasteiger partial charge in [0, 0.05) is 18.0 Å². The first-order valence-corrected chi connectivity index (χ1v) is 12.1. The summed E-state index contributed by atoms with van der Waals surface area (Å²) in [4.78, 5) is 50.6. The van der Waals surface area contributed by atoms with E-state index in [-0.39, 0.29) is 18.2 Å². The molecular formula is C25H35N3O6. The highest BCUT2D eigenvalue weighted by Crippen LogP contribution is 2.28. The van der Waals surface area contributed by atoms with E-state index in [0.717, 1.165) is 43.4 Å². The topological polar surface area (TPSA) is 125 Å². The molecule has 0 radical (unpaired) electrons. The van der Waals surface area contributed by atoms with Crippen LogP contribution in [0.2, 0.25) is 0 Å². The van der Waals surface area contributed by atoms with Crippen LogP contribution in [0.15, 0.2) is 24.3 Å². The molecule has 3 amide bonds. The Balaban J connectivity index is 1.58. The van der Waals surface area contributed by atoms with Gasteiger partial charge in [-0.1, -0.05) is 57.2 Å². The maximum Gasteiger partial charge on any atom is 0.405 e. The van der Waals surface area contributed by atoms with Gasteiger partial charge in [0.05, 0.1) is 12.6 Å². The van der Waals surface area contributed by atoms with Gasteiger partial charge in [0.2, 0.25) is 11.8 Å². The van der Waals surface area contributed by atoms with E-state index in [1.54, 1.807) is 11.8 Å². The molecule has 3 rings (SSSR count). The van der Waals surface area contributed by atoms with Gasteiger partial charge in [-0.05, 0) is 24.8 Å². The molecule has 3 atom stereocenters. The molecule has 1 aromatic rings. The fraction of sp³-hybridized carbons (Fsp3) is 0.600. The second kappa shape index (κ2) is 12.4. The number of aldehydes is 1. The van der Waals surface area contributed by atoms with Crippen molar-refractivity contribution in [2.75, 3.05) is 13.2 Å². The summed E-state index contributed by atoms with van der Waals surface area (Å²) in [6.07, 6.45) is 5.14. The number of rotatable bonds is 9. The van der Waals surface area contributed by atoms with E-state index < -0.39 is 30.0 Å². The third-order valence-electron chi connectivity index (χ3n) is 6.69. The Labute approximate surface area is 200 Å². The fourth-order valence-electron chi connectivity index (χ4n) is 4.88. The van der Waals surface area contributed by atoms with Gasteiger partial charge >= 0.3 is 6.09 Å². The van der Waals surface area contributed by atoms with Gasteiger partial charge in [0.25, 0.3) is 0 Å². The third-order valence-corrected chi connectivity index (χ3v) is 6.69. The number of hydrogen-bond acceptors (Lipinski definition) is 5. The molecule has 34 heavy (non-hydrogen) atoms. The Hall–Kier alpha value is -3.10. The molecule has 9 nitrogen and oxygen atoms in total. The summed E-state index contributed by atoms with van der Waals surface area (Å²) in [6.45, 7) is 2.97. The summed E-state index contributed by atoms with van der Waals surface area (Å²) in [5.74, 6) is -0.117. The minimum absolute atomic E-state index is 0.121. The first-order valence-electron chi connectivity index (χ1n) is 12.1. The van der Waals surface area contributed by atoms with Crippen LogP contribution in [0.4, 0.5) is 4.79 Å². The third kappa shape index (κ3) is 7.20. The number of amides is 3. The Morgan fingerprint density at radius 1 is 1.18 bits per heavy atom. The second-order valence-electron chi connectivity index (χ2n) is 9.35. The van der Waals surface area contributed by atoms with Gasteiger partial charge in [-0.25, -0.2) is 4.79 Å². The molecule has 1 aliphatic carbocycles. The lowest BCUT2D eigenvalue weighted by Gasteiger charge is -2.28. The summed E-state index contributed by atoms with van der Waals surface area (Å²) in [5.41, 5.74) is 0.922. The number of carbonyl (C=O) groups excluding carboxylic acids is 3. The normalized spacial score (nSPS) is 18.9. The smallest absolute Gasteiger partial charge is 0.405 e. The van der Waals surface area contributed by atoms with Gasteiger partial charge in [-0.3, -0.25) is 9.59 Å². The lowest BCUT2D eigenvalue weighted by atomic mass is 9.84. The van der Waals surface area contributed by atoms with Crippen LogP contribution in [0.3, 0.4) is 0 Å². The summed E-state index contributed by atoms with van der Waals surface area (Å²) >= 11 is 0. The Kier molecular flexibility index (Phi) is 9.30. The SMILES string of the molecule is CC(CC(C=O)NC(=O)C(CC1CCCCC1)NC(=O)O)C(=O)N1CCOc2ccccc2C1. The first kappa shape index (κ1) is 25.5. The number of hydrogen-bond donors (Lipinski definition) is 3. The monoisotopic (exact) mass is 473 g/mol. The van der Waals surface area contributed by atoms with E-state index >= 15 is 0 Å². The molecule has 0 bridgehead atoms. The average molecular weight is 474 g/mol. The predicted octanol–water partition coefficient (Wildman–Crippen LogP) is 2.72. The average Bonchev–Trinajstić information content (AvgIpc) is 3.05. The lowest BCUT2D eigenvalue weighted by molar-refractivity contribution is -0.136. The van der Waals surface area contributed by atoms with Crippen molar-refractivity contribution in [3.05, 3.63) is 29.8 Å². The molecule has 1 saturated carbocycles. The molecular weight excluding hydrogens is 438 g/mol. The number of carboxylic acid groups (broad SMARTS) is 1. The van der Waals surface area contributed by atoms with Crippen LogP contribution < -0.4 is 15.4 Å². The van der Waals surface area contributed by atoms with Crippen molar-refractivity contribution < 1.29 is 29.0 Å². The highest BCUT2D eigenvalue weighted by atomic mass is 16.5. The van der Waals surface area contributed by atoms with Crippen molar-refractivity contribution in [1.82, 2.24) is 15.5 Å². The van der Waals surface area contributed by atoms with Crippen LogP contribution in [-0.4, -0.2) is 59.4 Å². The molecule has 3 N–H and O–H groups in total. The predicted molar refractivity (Wildman–Crippen MR) is 125 cm³/mol. The second-order valence-corrected chi connectivity index (χ2v) is 9.35. The maximum absolute atomic E-state index is 13.1. The molecule has 2 aliphatic rings. The lowest BCUT2D eigenvalue weighted by Crippen LogP contribution is -2.51. The molecule has 1 aliphatic heterocycles. The summed E-state index contributed by atoms with van der Waals surface area (Å²) < 4.78 is 5.72. The molecule has 0 spiro atoms. The highest BCUT2D eigenvalue weighted by Gasteiger charge is 2.30. The number of benzene rings is 1. The quantitative estimate of drug-likeness (QED) is 0.474. The molecule has 0 aromatic heterocycles. The van der Waals surface area contributed by atoms with Crippen LogP contribution in [-0.2, 0) is 20.9 Å². The minimum Gasteiger partial charge on any atom is -0.491 e. The minimum atomic E-state index is -1.27. The van der Waals surface area contributed by atoms with E-state index in [1.807, 2.05) is 24.3 Å². The Morgan fingerprint density at radius 2 is 1.91 bits per heavy atom. The molecule has 186 valence electrons. The van der Waals surface area contributed by atoms with E-state index in [9.17, 15) is 24.3 Å². The van der Waals surface area contributed by atoms with Crippen molar-refractivity contribution in [3.63, 3.8) is 0 Å². The fourth-order valence-corrected chi connectivity index (χ4v) is 4.88. The zero-order chi connectivity index (χ0) is 24.5. The van der Waals surface area contributed by atoms with E-state index in [1.165, 1.54) is 0 Å². The van der Waals surface area contributed by atoms with Crippen molar-refractivity contribution >= 4 is 24.2 Å². The largest absolute Gasteiger partial charge is 0.491 e. The summed E-state index contributed by atoms with van der Waals surface area (Å²) in [5, 5.41) is 14.1. The van der Waals surface area contributed by atoms with Gasteiger partial charge in [0.15, 0.2) is 0 Å². The maximum atomic E-state index is 13.1. The standard InChI is InChI=1S/C25H35N3O6/c1-17(24(31)28-11-12-34-22-10-6-5-9-19(22)15-28)13-20(16-29)26-23(30)21(27-25(32)33)14-18-7-3-2-4-8-18/h5-6,9-10,16-18,20-21,27H,2-4,7-8,11-15H2,1H3,(H,26,30)(H,32,33). The molecule has 0 saturated heterocycles. The van der Waals surface area contributed by atoms with Crippen molar-refractivity contribution in [2.24, 2.45) is 11.8 Å². The molecule has 1 fully saturated rings. The van der Waals surface area contributed by atoms with E-state index in [4.69, 9.17) is 4.74 Å². The highest BCUT2D eigenvalue weighted by molar-refractivity contribution is 5.87. The van der Waals surface area contributed by atoms with Crippen LogP contribution in [0.5, 0.6) is 5.75 Å². The van der Waals surface area contributed by atoms with Crippen LogP contribution in [0.1, 0.15) is 57.4 Å². The zero-order valence-electron chi connectivity index (χ0n) is 19.7. The van der Waals surface area contributed by atoms with Crippen LogP contribution >= 0.6 is 0 Å². The number of carbonyl (C=O) groups is 4. The van der Waals surface area contributed by atoms with Crippen molar-refractivity contribution in [2.45, 2.75) is 70.5 Å². The molecule has 1 heterocycles. The summed E-state index contributed by atoms with van der Waals surface area (Å²) in [6, 6.07) is 5.77. The van der Waals surface area contributed by atoms with E-state index in [2.05, 4.69) is 10.6 Å². The van der Waals surface area contributed by atoms with Gasteiger partial charge < -0.3 is 30.2 Å². The number of nitrogens with one attached hydrogen (secondary N) is 2. The molecule has 3 unspecified atom stereocenters. The van der Waals surface area contributed by atoms with E-state index in [0.29, 0.717) is 32.4 Å². The first-order chi connectivity index (χ1) is 16.4. The summed E-state index contributed by atoms with van der Waals surface area (Å²) in [7, 11) is 0. The zero-order valence-corrected chi connectivity index (χ0v) is 19.7. The Morgan fingerprint density at radius 3 is 2.62 bits per heavy atom. The molecule has 9 heteroatoms. The van der Waals surface area contributed by atoms with Gasteiger partial charge in [-0.15, -0.1) is 0 Å². The van der Waals surface area contributed by atoms with Crippen LogP contribution in [0.25, 0.3) is 0 Å². The van der Waals surface area contributed by atoms with Gasteiger partial charge in [-0.2, -0.15) is 0 Å². The number of para-hydroxylation sites is 1. The number of ether oxygens (including phenoxy) is 1. The number of nitrogens with zero attached hydrogens (tertiary/aromatic N) is 1. The van der Waals surface area contributed by atoms with Crippen LogP contribution in [0, 0.1) is 11.8 Å². The Bertz CT molecular complexity index is 870. The van der Waals surface area contributed by atoms with Crippen molar-refractivity contribution in [3.8, 4) is 5.75 Å².